The number of fused-ring (bicyclic) bond motifs is 1. The Hall–Kier alpha value is -0.970. The molecule has 1 atom stereocenters. The molecular weight excluding hydrogens is 250 g/mol. The van der Waals surface area contributed by atoms with Crippen LogP contribution in [-0.2, 0) is 12.0 Å². The summed E-state index contributed by atoms with van der Waals surface area (Å²) in [6.45, 7) is 5.78. The van der Waals surface area contributed by atoms with E-state index in [0.29, 0.717) is 0 Å². The van der Waals surface area contributed by atoms with Crippen LogP contribution in [0.5, 0.6) is 0 Å². The lowest BCUT2D eigenvalue weighted by atomic mass is 9.73. The first-order chi connectivity index (χ1) is 9.32. The van der Waals surface area contributed by atoms with Crippen molar-refractivity contribution in [2.24, 2.45) is 11.1 Å². The normalized spacial score (nSPS) is 25.9. The van der Waals surface area contributed by atoms with Gasteiger partial charge in [-0.05, 0) is 70.3 Å². The fourth-order valence-corrected chi connectivity index (χ4v) is 3.60. The quantitative estimate of drug-likeness (QED) is 0.817. The number of hydrogen-bond acceptors (Lipinski definition) is 4. The van der Waals surface area contributed by atoms with Crippen LogP contribution in [0.3, 0.4) is 0 Å². The van der Waals surface area contributed by atoms with Crippen molar-refractivity contribution in [2.45, 2.75) is 44.8 Å². The van der Waals surface area contributed by atoms with E-state index in [2.05, 4.69) is 18.0 Å². The highest BCUT2D eigenvalue weighted by molar-refractivity contribution is 5.36. The topological polar surface area (TPSA) is 62.4 Å². The monoisotopic (exact) mass is 275 g/mol. The molecule has 1 aromatic heterocycles. The van der Waals surface area contributed by atoms with Gasteiger partial charge in [0.15, 0.2) is 0 Å². The van der Waals surface area contributed by atoms with Crippen molar-refractivity contribution in [3.05, 3.63) is 29.1 Å². The Bertz CT molecular complexity index is 513. The Balaban J connectivity index is 1.92. The molecule has 0 amide bonds. The van der Waals surface area contributed by atoms with Gasteiger partial charge in [-0.25, -0.2) is 0 Å². The van der Waals surface area contributed by atoms with Crippen LogP contribution in [0.15, 0.2) is 12.1 Å². The molecule has 0 unspecified atom stereocenters. The average Bonchev–Trinajstić information content (AvgIpc) is 2.65. The predicted octanol–water partition coefficient (Wildman–Crippen LogP) is 1.58. The van der Waals surface area contributed by atoms with Crippen molar-refractivity contribution in [3.8, 4) is 0 Å². The summed E-state index contributed by atoms with van der Waals surface area (Å²) in [5.41, 5.74) is 8.86. The fraction of sp³-hybridized carbons (Fsp3) is 0.688. The Labute approximate surface area is 121 Å². The van der Waals surface area contributed by atoms with Crippen molar-refractivity contribution < 1.29 is 5.11 Å². The molecule has 110 valence electrons. The SMILES string of the molecule is CN1CCC2(CC1)Cc1nc(C(C)(C)O)ccc1[C@H]2N. The zero-order chi connectivity index (χ0) is 14.5. The molecule has 3 N–H and O–H groups in total. The van der Waals surface area contributed by atoms with Gasteiger partial charge < -0.3 is 15.7 Å². The third-order valence-corrected chi connectivity index (χ3v) is 5.13. The van der Waals surface area contributed by atoms with Gasteiger partial charge in [-0.1, -0.05) is 6.07 Å². The number of nitrogens with zero attached hydrogens (tertiary/aromatic N) is 2. The van der Waals surface area contributed by atoms with E-state index >= 15 is 0 Å². The molecule has 0 saturated carbocycles. The average molecular weight is 275 g/mol. The summed E-state index contributed by atoms with van der Waals surface area (Å²) in [4.78, 5) is 7.07. The van der Waals surface area contributed by atoms with Crippen molar-refractivity contribution in [1.82, 2.24) is 9.88 Å². The Morgan fingerprint density at radius 3 is 2.60 bits per heavy atom. The zero-order valence-electron chi connectivity index (χ0n) is 12.7. The van der Waals surface area contributed by atoms with E-state index in [1.807, 2.05) is 6.07 Å². The van der Waals surface area contributed by atoms with Gasteiger partial charge in [-0.15, -0.1) is 0 Å². The summed E-state index contributed by atoms with van der Waals surface area (Å²) in [5.74, 6) is 0. The van der Waals surface area contributed by atoms with Crippen molar-refractivity contribution >= 4 is 0 Å². The van der Waals surface area contributed by atoms with Gasteiger partial charge in [0, 0.05) is 11.7 Å². The van der Waals surface area contributed by atoms with E-state index in [9.17, 15) is 5.11 Å². The highest BCUT2D eigenvalue weighted by Gasteiger charge is 2.46. The molecule has 1 spiro atoms. The molecule has 1 aliphatic carbocycles. The summed E-state index contributed by atoms with van der Waals surface area (Å²) in [6, 6.07) is 4.09. The van der Waals surface area contributed by atoms with Crippen LogP contribution in [0.25, 0.3) is 0 Å². The van der Waals surface area contributed by atoms with Gasteiger partial charge in [-0.2, -0.15) is 0 Å². The summed E-state index contributed by atoms with van der Waals surface area (Å²) in [7, 11) is 2.17. The molecule has 0 bridgehead atoms. The Morgan fingerprint density at radius 2 is 2.00 bits per heavy atom. The molecule has 1 aromatic rings. The van der Waals surface area contributed by atoms with E-state index < -0.39 is 5.60 Å². The number of pyridine rings is 1. The third kappa shape index (κ3) is 2.16. The molecule has 3 rings (SSSR count). The Kier molecular flexibility index (Phi) is 3.16. The Morgan fingerprint density at radius 1 is 1.35 bits per heavy atom. The largest absolute Gasteiger partial charge is 0.384 e. The van der Waals surface area contributed by atoms with Gasteiger partial charge in [0.05, 0.1) is 5.69 Å². The second kappa shape index (κ2) is 4.52. The van der Waals surface area contributed by atoms with E-state index in [4.69, 9.17) is 10.7 Å². The van der Waals surface area contributed by atoms with Crippen LogP contribution in [0.1, 0.15) is 49.7 Å². The highest BCUT2D eigenvalue weighted by atomic mass is 16.3. The van der Waals surface area contributed by atoms with Gasteiger partial charge in [0.25, 0.3) is 0 Å². The minimum absolute atomic E-state index is 0.0922. The summed E-state index contributed by atoms with van der Waals surface area (Å²) in [5, 5.41) is 10.1. The van der Waals surface area contributed by atoms with E-state index in [1.165, 1.54) is 5.56 Å². The molecule has 0 aromatic carbocycles. The second-order valence-electron chi connectivity index (χ2n) is 7.11. The van der Waals surface area contributed by atoms with Crippen LogP contribution >= 0.6 is 0 Å². The molecule has 1 fully saturated rings. The number of likely N-dealkylation sites (tertiary alicyclic amines) is 1. The number of nitrogens with two attached hydrogens (primary N) is 1. The van der Waals surface area contributed by atoms with E-state index in [-0.39, 0.29) is 11.5 Å². The molecular formula is C16H25N3O. The number of rotatable bonds is 1. The van der Waals surface area contributed by atoms with Crippen LogP contribution in [0.2, 0.25) is 0 Å². The first-order valence-electron chi connectivity index (χ1n) is 7.49. The molecule has 20 heavy (non-hydrogen) atoms. The summed E-state index contributed by atoms with van der Waals surface area (Å²) in [6.07, 6.45) is 3.24. The minimum Gasteiger partial charge on any atom is -0.384 e. The number of hydrogen-bond donors (Lipinski definition) is 2. The molecule has 4 nitrogen and oxygen atoms in total. The van der Waals surface area contributed by atoms with Crippen molar-refractivity contribution in [3.63, 3.8) is 0 Å². The fourth-order valence-electron chi connectivity index (χ4n) is 3.60. The lowest BCUT2D eigenvalue weighted by Gasteiger charge is -2.40. The molecule has 1 saturated heterocycles. The van der Waals surface area contributed by atoms with Crippen molar-refractivity contribution in [1.29, 1.82) is 0 Å². The van der Waals surface area contributed by atoms with Crippen LogP contribution in [-0.4, -0.2) is 35.1 Å². The molecule has 2 heterocycles. The van der Waals surface area contributed by atoms with Crippen LogP contribution in [0.4, 0.5) is 0 Å². The first kappa shape index (κ1) is 14.0. The molecule has 1 aliphatic heterocycles. The molecule has 2 aliphatic rings. The van der Waals surface area contributed by atoms with E-state index in [0.717, 1.165) is 43.7 Å². The smallest absolute Gasteiger partial charge is 0.101 e. The maximum Gasteiger partial charge on any atom is 0.101 e. The molecule has 4 heteroatoms. The van der Waals surface area contributed by atoms with Crippen molar-refractivity contribution in [2.75, 3.05) is 20.1 Å². The highest BCUT2D eigenvalue weighted by Crippen LogP contribution is 2.50. The number of piperidine rings is 1. The summed E-state index contributed by atoms with van der Waals surface area (Å²) >= 11 is 0. The second-order valence-corrected chi connectivity index (χ2v) is 7.11. The van der Waals surface area contributed by atoms with Gasteiger partial charge in [0.1, 0.15) is 5.60 Å². The third-order valence-electron chi connectivity index (χ3n) is 5.13. The van der Waals surface area contributed by atoms with Gasteiger partial charge in [-0.3, -0.25) is 4.98 Å². The van der Waals surface area contributed by atoms with Crippen LogP contribution in [0, 0.1) is 5.41 Å². The lowest BCUT2D eigenvalue weighted by molar-refractivity contribution is 0.0734. The predicted molar refractivity (Wildman–Crippen MR) is 79.3 cm³/mol. The summed E-state index contributed by atoms with van der Waals surface area (Å²) < 4.78 is 0. The number of aromatic nitrogens is 1. The maximum atomic E-state index is 10.1. The minimum atomic E-state index is -0.887. The molecule has 0 radical (unpaired) electrons. The maximum absolute atomic E-state index is 10.1. The lowest BCUT2D eigenvalue weighted by Crippen LogP contribution is -2.42. The standard InChI is InChI=1S/C16H25N3O/c1-15(2,20)13-5-4-11-12(18-13)10-16(14(11)17)6-8-19(3)9-7-16/h4-5,14,20H,6-10,17H2,1-3H3/t14-/m1/s1. The first-order valence-corrected chi connectivity index (χ1v) is 7.49. The number of aliphatic hydroxyl groups is 1. The van der Waals surface area contributed by atoms with E-state index in [1.54, 1.807) is 13.8 Å². The van der Waals surface area contributed by atoms with Gasteiger partial charge >= 0.3 is 0 Å². The van der Waals surface area contributed by atoms with Crippen LogP contribution < -0.4 is 5.73 Å². The zero-order valence-corrected chi connectivity index (χ0v) is 12.7. The van der Waals surface area contributed by atoms with Gasteiger partial charge in [0.2, 0.25) is 0 Å².